The lowest BCUT2D eigenvalue weighted by atomic mass is 10.0. The van der Waals surface area contributed by atoms with Crippen LogP contribution in [-0.4, -0.2) is 33.4 Å². The highest BCUT2D eigenvalue weighted by molar-refractivity contribution is 5.86. The molecule has 1 aliphatic rings. The third-order valence-corrected chi connectivity index (χ3v) is 4.92. The van der Waals surface area contributed by atoms with Gasteiger partial charge in [0.05, 0.1) is 28.5 Å². The minimum absolute atomic E-state index is 0.698. The number of pyridine rings is 1. The summed E-state index contributed by atoms with van der Waals surface area (Å²) < 4.78 is 1.80. The van der Waals surface area contributed by atoms with Crippen LogP contribution in [0.2, 0.25) is 0 Å². The predicted molar refractivity (Wildman–Crippen MR) is 110 cm³/mol. The Morgan fingerprint density at radius 3 is 2.64 bits per heavy atom. The fourth-order valence-electron chi connectivity index (χ4n) is 3.59. The molecule has 0 amide bonds. The van der Waals surface area contributed by atoms with Crippen LogP contribution in [-0.2, 0) is 0 Å². The van der Waals surface area contributed by atoms with Crippen LogP contribution in [0.1, 0.15) is 37.8 Å². The summed E-state index contributed by atoms with van der Waals surface area (Å²) in [5.41, 5.74) is 4.30. The number of hydrogen-bond donors (Lipinski definition) is 1. The Kier molecular flexibility index (Phi) is 4.55. The van der Waals surface area contributed by atoms with Crippen molar-refractivity contribution in [2.24, 2.45) is 0 Å². The summed E-state index contributed by atoms with van der Waals surface area (Å²) in [6, 6.07) is 12.1. The molecule has 0 aliphatic carbocycles. The fourth-order valence-corrected chi connectivity index (χ4v) is 3.59. The van der Waals surface area contributed by atoms with Gasteiger partial charge in [0.2, 0.25) is 0 Å². The molecule has 2 aromatic heterocycles. The lowest BCUT2D eigenvalue weighted by molar-refractivity contribution is 0.143. The van der Waals surface area contributed by atoms with Gasteiger partial charge in [-0.05, 0) is 56.5 Å². The number of nitrogens with zero attached hydrogens (tertiary/aromatic N) is 4. The van der Waals surface area contributed by atoms with Gasteiger partial charge in [-0.3, -0.25) is 0 Å². The largest absolute Gasteiger partial charge is 0.378 e. The van der Waals surface area contributed by atoms with Crippen molar-refractivity contribution in [2.45, 2.75) is 32.3 Å². The zero-order valence-corrected chi connectivity index (χ0v) is 16.1. The number of nitriles is 1. The Bertz CT molecular complexity index is 1130. The van der Waals surface area contributed by atoms with E-state index in [-0.39, 0.29) is 0 Å². The molecule has 4 rings (SSSR count). The molecule has 3 aromatic rings. The molecule has 5 heteroatoms. The van der Waals surface area contributed by atoms with Crippen LogP contribution in [0.3, 0.4) is 0 Å². The molecule has 1 aliphatic heterocycles. The number of anilines is 1. The van der Waals surface area contributed by atoms with Gasteiger partial charge in [-0.15, -0.1) is 0 Å². The molecule has 0 spiro atoms. The molecule has 0 saturated carbocycles. The first-order valence-electron chi connectivity index (χ1n) is 9.48. The van der Waals surface area contributed by atoms with Crippen molar-refractivity contribution >= 4 is 11.2 Å². The number of fused-ring (bicyclic) bond motifs is 1. The van der Waals surface area contributed by atoms with Crippen molar-refractivity contribution in [3.05, 3.63) is 53.9 Å². The van der Waals surface area contributed by atoms with Gasteiger partial charge in [-0.2, -0.15) is 10.4 Å². The van der Waals surface area contributed by atoms with Gasteiger partial charge in [-0.25, -0.2) is 4.52 Å². The van der Waals surface area contributed by atoms with Crippen LogP contribution in [0, 0.1) is 23.2 Å². The van der Waals surface area contributed by atoms with E-state index in [1.165, 1.54) is 0 Å². The topological polar surface area (TPSA) is 64.6 Å². The summed E-state index contributed by atoms with van der Waals surface area (Å²) in [5, 5.41) is 24.0. The quantitative estimate of drug-likeness (QED) is 0.700. The molecular formula is C23H22N4O. The maximum absolute atomic E-state index is 9.97. The molecule has 0 radical (unpaired) electrons. The second kappa shape index (κ2) is 7.03. The van der Waals surface area contributed by atoms with Crippen molar-refractivity contribution in [1.82, 2.24) is 9.61 Å². The summed E-state index contributed by atoms with van der Waals surface area (Å²) in [6.07, 6.45) is 6.03. The van der Waals surface area contributed by atoms with Crippen molar-refractivity contribution in [1.29, 1.82) is 5.26 Å². The maximum atomic E-state index is 9.97. The monoisotopic (exact) mass is 370 g/mol. The van der Waals surface area contributed by atoms with E-state index in [2.05, 4.69) is 34.0 Å². The van der Waals surface area contributed by atoms with Gasteiger partial charge in [0.15, 0.2) is 0 Å². The Balaban J connectivity index is 1.87. The second-order valence-corrected chi connectivity index (χ2v) is 7.62. The Morgan fingerprint density at radius 1 is 1.14 bits per heavy atom. The van der Waals surface area contributed by atoms with Gasteiger partial charge in [-0.1, -0.05) is 17.9 Å². The van der Waals surface area contributed by atoms with Crippen molar-refractivity contribution in [3.8, 4) is 29.0 Å². The number of benzene rings is 1. The van der Waals surface area contributed by atoms with E-state index >= 15 is 0 Å². The molecule has 0 unspecified atom stereocenters. The van der Waals surface area contributed by atoms with Gasteiger partial charge in [0, 0.05) is 24.8 Å². The zero-order valence-electron chi connectivity index (χ0n) is 16.1. The summed E-state index contributed by atoms with van der Waals surface area (Å²) in [6.45, 7) is 5.30. The highest BCUT2D eigenvalue weighted by atomic mass is 16.3. The standard InChI is InChI=1S/C23H22N4O/c1-23(2,28)10-9-17-6-5-13-27-22(17)20(16-25-27)18-7-8-19(15-24)21(14-18)26-11-3-4-12-26/h5-8,13-14,16,28H,3-4,11-12H2,1-2H3. The number of hydrogen-bond acceptors (Lipinski definition) is 4. The Labute approximate surface area is 164 Å². The Hall–Kier alpha value is -3.28. The molecule has 1 aromatic carbocycles. The van der Waals surface area contributed by atoms with Gasteiger partial charge in [0.1, 0.15) is 11.7 Å². The van der Waals surface area contributed by atoms with Crippen molar-refractivity contribution in [2.75, 3.05) is 18.0 Å². The van der Waals surface area contributed by atoms with Gasteiger partial charge < -0.3 is 10.0 Å². The summed E-state index contributed by atoms with van der Waals surface area (Å²) in [5.74, 6) is 5.98. The van der Waals surface area contributed by atoms with E-state index in [4.69, 9.17) is 0 Å². The summed E-state index contributed by atoms with van der Waals surface area (Å²) in [7, 11) is 0. The molecular weight excluding hydrogens is 348 g/mol. The number of rotatable bonds is 2. The minimum Gasteiger partial charge on any atom is -0.378 e. The van der Waals surface area contributed by atoms with E-state index in [9.17, 15) is 10.4 Å². The highest BCUT2D eigenvalue weighted by Gasteiger charge is 2.18. The van der Waals surface area contributed by atoms with Crippen LogP contribution in [0.15, 0.2) is 42.7 Å². The molecule has 0 bridgehead atoms. The molecule has 1 N–H and O–H groups in total. The molecule has 1 saturated heterocycles. The first-order chi connectivity index (χ1) is 13.5. The van der Waals surface area contributed by atoms with Crippen LogP contribution in [0.5, 0.6) is 0 Å². The van der Waals surface area contributed by atoms with E-state index in [0.717, 1.165) is 53.8 Å². The van der Waals surface area contributed by atoms with Crippen LogP contribution in [0.4, 0.5) is 5.69 Å². The number of aromatic nitrogens is 2. The summed E-state index contributed by atoms with van der Waals surface area (Å²) in [4.78, 5) is 2.28. The minimum atomic E-state index is -1.07. The molecule has 1 fully saturated rings. The van der Waals surface area contributed by atoms with E-state index in [1.54, 1.807) is 18.4 Å². The lowest BCUT2D eigenvalue weighted by Crippen LogP contribution is -2.18. The van der Waals surface area contributed by atoms with Crippen LogP contribution in [0.25, 0.3) is 16.6 Å². The fraction of sp³-hybridized carbons (Fsp3) is 0.304. The molecule has 3 heterocycles. The van der Waals surface area contributed by atoms with Crippen LogP contribution >= 0.6 is 0 Å². The van der Waals surface area contributed by atoms with Gasteiger partial charge in [0.25, 0.3) is 0 Å². The third kappa shape index (κ3) is 3.45. The van der Waals surface area contributed by atoms with E-state index in [1.807, 2.05) is 36.7 Å². The maximum Gasteiger partial charge on any atom is 0.120 e. The van der Waals surface area contributed by atoms with Crippen LogP contribution < -0.4 is 4.90 Å². The predicted octanol–water partition coefficient (Wildman–Crippen LogP) is 3.60. The van der Waals surface area contributed by atoms with E-state index < -0.39 is 5.60 Å². The zero-order chi connectivity index (χ0) is 19.7. The van der Waals surface area contributed by atoms with Crippen molar-refractivity contribution in [3.63, 3.8) is 0 Å². The van der Waals surface area contributed by atoms with E-state index in [0.29, 0.717) is 5.56 Å². The molecule has 0 atom stereocenters. The summed E-state index contributed by atoms with van der Waals surface area (Å²) >= 11 is 0. The average molecular weight is 370 g/mol. The normalized spacial score (nSPS) is 14.0. The highest BCUT2D eigenvalue weighted by Crippen LogP contribution is 2.33. The Morgan fingerprint density at radius 2 is 1.93 bits per heavy atom. The first-order valence-corrected chi connectivity index (χ1v) is 9.48. The molecule has 140 valence electrons. The second-order valence-electron chi connectivity index (χ2n) is 7.62. The smallest absolute Gasteiger partial charge is 0.120 e. The molecule has 28 heavy (non-hydrogen) atoms. The third-order valence-electron chi connectivity index (χ3n) is 4.92. The van der Waals surface area contributed by atoms with Crippen molar-refractivity contribution < 1.29 is 5.11 Å². The lowest BCUT2D eigenvalue weighted by Gasteiger charge is -2.20. The SMILES string of the molecule is CC(C)(O)C#Cc1cccn2ncc(-c3ccc(C#N)c(N4CCCC4)c3)c12. The first kappa shape index (κ1) is 18.1. The molecule has 5 nitrogen and oxygen atoms in total. The number of aliphatic hydroxyl groups is 1. The van der Waals surface area contributed by atoms with Gasteiger partial charge >= 0.3 is 0 Å². The average Bonchev–Trinajstić information content (AvgIpc) is 3.35.